The molecule has 0 aromatic carbocycles. The van der Waals surface area contributed by atoms with Crippen molar-refractivity contribution in [2.75, 3.05) is 19.8 Å². The Hall–Kier alpha value is -1.64. The van der Waals surface area contributed by atoms with Gasteiger partial charge in [0, 0.05) is 12.3 Å². The summed E-state index contributed by atoms with van der Waals surface area (Å²) in [6, 6.07) is -1.57. The molecule has 2 aliphatic rings. The number of aliphatic hydroxyl groups is 2. The van der Waals surface area contributed by atoms with Crippen LogP contribution in [-0.2, 0) is 23.8 Å². The second-order valence-electron chi connectivity index (χ2n) is 6.12. The van der Waals surface area contributed by atoms with Crippen molar-refractivity contribution in [1.82, 2.24) is 0 Å². The van der Waals surface area contributed by atoms with Gasteiger partial charge in [-0.05, 0) is 32.8 Å². The zero-order valence-electron chi connectivity index (χ0n) is 14.0. The zero-order valence-corrected chi connectivity index (χ0v) is 14.0. The summed E-state index contributed by atoms with van der Waals surface area (Å²) in [5.74, 6) is -1.95. The molecule has 1 aliphatic heterocycles. The van der Waals surface area contributed by atoms with E-state index in [1.165, 1.54) is 0 Å². The summed E-state index contributed by atoms with van der Waals surface area (Å²) in [6.07, 6.45) is 2.31. The molecule has 8 heteroatoms. The quantitative estimate of drug-likeness (QED) is 0.576. The van der Waals surface area contributed by atoms with Gasteiger partial charge in [0.05, 0.1) is 31.6 Å². The van der Waals surface area contributed by atoms with Crippen LogP contribution in [0.3, 0.4) is 0 Å². The molecule has 0 saturated heterocycles. The Bertz CT molecular complexity index is 501. The minimum Gasteiger partial charge on any atom is -0.498 e. The van der Waals surface area contributed by atoms with Gasteiger partial charge in [0.1, 0.15) is 0 Å². The monoisotopic (exact) mass is 343 g/mol. The van der Waals surface area contributed by atoms with Crippen LogP contribution < -0.4 is 5.73 Å². The van der Waals surface area contributed by atoms with Crippen molar-refractivity contribution >= 4 is 11.9 Å². The third kappa shape index (κ3) is 3.13. The van der Waals surface area contributed by atoms with Crippen LogP contribution in [0.25, 0.3) is 0 Å². The minimum absolute atomic E-state index is 0.0373. The molecule has 1 aliphatic carbocycles. The van der Waals surface area contributed by atoms with Crippen molar-refractivity contribution in [3.63, 3.8) is 0 Å². The van der Waals surface area contributed by atoms with Crippen LogP contribution >= 0.6 is 0 Å². The largest absolute Gasteiger partial charge is 0.498 e. The van der Waals surface area contributed by atoms with Crippen molar-refractivity contribution in [3.05, 3.63) is 11.8 Å². The maximum absolute atomic E-state index is 12.3. The first-order valence-electron chi connectivity index (χ1n) is 8.17. The topological polar surface area (TPSA) is 128 Å². The van der Waals surface area contributed by atoms with E-state index in [9.17, 15) is 19.8 Å². The highest BCUT2D eigenvalue weighted by molar-refractivity contribution is 5.87. The molecule has 0 radical (unpaired) electrons. The van der Waals surface area contributed by atoms with E-state index in [1.54, 1.807) is 13.8 Å². The SMILES string of the molecule is CCOC(=O)[C@]1(O)C[C@H](C2=CCCO2)C[C@](O)(C(=O)OCC)[C@H]1N. The van der Waals surface area contributed by atoms with Gasteiger partial charge in [-0.2, -0.15) is 0 Å². The van der Waals surface area contributed by atoms with Gasteiger partial charge in [0.2, 0.25) is 0 Å². The summed E-state index contributed by atoms with van der Waals surface area (Å²) in [6.45, 7) is 3.74. The molecule has 1 fully saturated rings. The molecule has 0 amide bonds. The predicted octanol–water partition coefficient (Wildman–Crippen LogP) is -0.384. The number of carbonyl (C=O) groups excluding carboxylic acids is 2. The highest BCUT2D eigenvalue weighted by Gasteiger charge is 2.63. The smallest absolute Gasteiger partial charge is 0.339 e. The summed E-state index contributed by atoms with van der Waals surface area (Å²) >= 11 is 0. The second kappa shape index (κ2) is 7.08. The van der Waals surface area contributed by atoms with Crippen molar-refractivity contribution in [1.29, 1.82) is 0 Å². The standard InChI is InChI=1S/C16H25NO7/c1-3-22-13(18)15(20)8-10(11-6-5-7-24-11)9-16(21,12(15)17)14(19)23-4-2/h6,10,12,20-21H,3-5,7-9,17H2,1-2H3/t10-,12-,15-,16+. The van der Waals surface area contributed by atoms with E-state index in [0.29, 0.717) is 18.8 Å². The van der Waals surface area contributed by atoms with Gasteiger partial charge in [0.15, 0.2) is 11.2 Å². The average molecular weight is 343 g/mol. The lowest BCUT2D eigenvalue weighted by molar-refractivity contribution is -0.201. The van der Waals surface area contributed by atoms with Gasteiger partial charge < -0.3 is 30.2 Å². The Morgan fingerprint density at radius 2 is 1.71 bits per heavy atom. The molecule has 4 N–H and O–H groups in total. The summed E-state index contributed by atoms with van der Waals surface area (Å²) in [7, 11) is 0. The summed E-state index contributed by atoms with van der Waals surface area (Å²) in [4.78, 5) is 24.6. The molecule has 0 aromatic heterocycles. The Labute approximate surface area is 140 Å². The highest BCUT2D eigenvalue weighted by Crippen LogP contribution is 2.43. The zero-order chi connectivity index (χ0) is 18.0. The van der Waals surface area contributed by atoms with E-state index in [1.807, 2.05) is 6.08 Å². The first kappa shape index (κ1) is 18.7. The number of ether oxygens (including phenoxy) is 3. The molecule has 1 heterocycles. The fourth-order valence-corrected chi connectivity index (χ4v) is 3.33. The molecule has 4 atom stereocenters. The van der Waals surface area contributed by atoms with Gasteiger partial charge in [-0.25, -0.2) is 9.59 Å². The van der Waals surface area contributed by atoms with Crippen molar-refractivity contribution in [3.8, 4) is 0 Å². The molecule has 24 heavy (non-hydrogen) atoms. The molecule has 0 spiro atoms. The van der Waals surface area contributed by atoms with Crippen molar-refractivity contribution in [2.24, 2.45) is 11.7 Å². The van der Waals surface area contributed by atoms with Crippen LogP contribution in [0, 0.1) is 5.92 Å². The van der Waals surface area contributed by atoms with E-state index in [-0.39, 0.29) is 26.1 Å². The van der Waals surface area contributed by atoms with Crippen molar-refractivity contribution in [2.45, 2.75) is 50.4 Å². The first-order valence-corrected chi connectivity index (χ1v) is 8.17. The van der Waals surface area contributed by atoms with E-state index >= 15 is 0 Å². The van der Waals surface area contributed by atoms with Crippen LogP contribution in [0.15, 0.2) is 11.8 Å². The number of nitrogens with two attached hydrogens (primary N) is 1. The first-order chi connectivity index (χ1) is 11.3. The van der Waals surface area contributed by atoms with E-state index in [2.05, 4.69) is 0 Å². The molecule has 8 nitrogen and oxygen atoms in total. The fourth-order valence-electron chi connectivity index (χ4n) is 3.33. The van der Waals surface area contributed by atoms with Gasteiger partial charge >= 0.3 is 11.9 Å². The van der Waals surface area contributed by atoms with E-state index in [0.717, 1.165) is 0 Å². The number of allylic oxidation sites excluding steroid dienone is 1. The fraction of sp³-hybridized carbons (Fsp3) is 0.750. The average Bonchev–Trinajstić information content (AvgIpc) is 3.07. The normalized spacial score (nSPS) is 35.8. The Balaban J connectivity index is 2.39. The Morgan fingerprint density at radius 1 is 1.21 bits per heavy atom. The van der Waals surface area contributed by atoms with Gasteiger partial charge in [-0.15, -0.1) is 0 Å². The third-order valence-electron chi connectivity index (χ3n) is 4.54. The van der Waals surface area contributed by atoms with Gasteiger partial charge in [-0.1, -0.05) is 0 Å². The molecule has 2 rings (SSSR count). The maximum atomic E-state index is 12.3. The number of rotatable bonds is 5. The van der Waals surface area contributed by atoms with Crippen LogP contribution in [0.2, 0.25) is 0 Å². The van der Waals surface area contributed by atoms with Crippen LogP contribution in [0.5, 0.6) is 0 Å². The molecule has 136 valence electrons. The van der Waals surface area contributed by atoms with E-state index < -0.39 is 35.1 Å². The summed E-state index contributed by atoms with van der Waals surface area (Å²) < 4.78 is 15.3. The van der Waals surface area contributed by atoms with E-state index in [4.69, 9.17) is 19.9 Å². The van der Waals surface area contributed by atoms with Crippen LogP contribution in [0.1, 0.15) is 33.1 Å². The lowest BCUT2D eigenvalue weighted by Crippen LogP contribution is -2.72. The maximum Gasteiger partial charge on any atom is 0.339 e. The lowest BCUT2D eigenvalue weighted by atomic mass is 9.65. The Kier molecular flexibility index (Phi) is 5.52. The number of hydrogen-bond acceptors (Lipinski definition) is 8. The number of esters is 2. The number of hydrogen-bond donors (Lipinski definition) is 3. The number of carbonyl (C=O) groups is 2. The molecular weight excluding hydrogens is 318 g/mol. The second-order valence-corrected chi connectivity index (χ2v) is 6.12. The summed E-state index contributed by atoms with van der Waals surface area (Å²) in [5, 5.41) is 21.7. The molecule has 0 unspecified atom stereocenters. The van der Waals surface area contributed by atoms with Crippen molar-refractivity contribution < 1.29 is 34.0 Å². The van der Waals surface area contributed by atoms with Gasteiger partial charge in [-0.3, -0.25) is 0 Å². The molecule has 1 saturated carbocycles. The van der Waals surface area contributed by atoms with Gasteiger partial charge in [0.25, 0.3) is 0 Å². The molecule has 0 bridgehead atoms. The minimum atomic E-state index is -2.22. The third-order valence-corrected chi connectivity index (χ3v) is 4.54. The summed E-state index contributed by atoms with van der Waals surface area (Å²) in [5.41, 5.74) is 1.52. The predicted molar refractivity (Wildman–Crippen MR) is 82.5 cm³/mol. The lowest BCUT2D eigenvalue weighted by Gasteiger charge is -2.47. The molecule has 0 aromatic rings. The van der Waals surface area contributed by atoms with Crippen LogP contribution in [0.4, 0.5) is 0 Å². The highest BCUT2D eigenvalue weighted by atomic mass is 16.6. The molecular formula is C16H25NO7. The van der Waals surface area contributed by atoms with Crippen LogP contribution in [-0.4, -0.2) is 59.2 Å². The Morgan fingerprint density at radius 3 is 2.08 bits per heavy atom.